The maximum Gasteiger partial charge on any atom is -1.00 e. The van der Waals surface area contributed by atoms with E-state index in [9.17, 15) is 0 Å². The molecule has 0 amide bonds. The molecule has 0 radical (unpaired) electrons. The van der Waals surface area contributed by atoms with E-state index in [2.05, 4.69) is 79.8 Å². The summed E-state index contributed by atoms with van der Waals surface area (Å²) in [6.45, 7) is 6.51. The summed E-state index contributed by atoms with van der Waals surface area (Å²) in [4.78, 5) is 0. The zero-order valence-corrected chi connectivity index (χ0v) is 21.1. The van der Waals surface area contributed by atoms with E-state index in [1.165, 1.54) is 17.2 Å². The first kappa shape index (κ1) is 23.6. The topological polar surface area (TPSA) is 0 Å². The van der Waals surface area contributed by atoms with E-state index in [1.807, 2.05) is 13.8 Å². The summed E-state index contributed by atoms with van der Waals surface area (Å²) in [6.07, 6.45) is 9.87. The normalized spacial score (nSPS) is 18.4. The van der Waals surface area contributed by atoms with Crippen LogP contribution in [-0.2, 0) is 20.9 Å². The van der Waals surface area contributed by atoms with Crippen molar-refractivity contribution in [3.05, 3.63) is 82.9 Å². The standard InChI is InChI=1S/2C9H7.C2H7Si.C2H6.2ClH.Zr/c2*1-2-5-9-7-3-6-8(9)4-1;1-2-3;1-2;;;/h2*1-7H;2-3H2,1H3;1-2H3;2*1H;/q;;;;;;+2/p-2. The molecule has 0 spiro atoms. The summed E-state index contributed by atoms with van der Waals surface area (Å²) in [7, 11) is 0. The summed E-state index contributed by atoms with van der Waals surface area (Å²) in [5.74, 6) is 0. The number of hydrogen-bond acceptors (Lipinski definition) is 0. The van der Waals surface area contributed by atoms with Gasteiger partial charge in [-0.05, 0) is 0 Å². The number of benzene rings is 2. The van der Waals surface area contributed by atoms with Crippen LogP contribution in [0.15, 0.2) is 60.7 Å². The average Bonchev–Trinajstić information content (AvgIpc) is 3.26. The van der Waals surface area contributed by atoms with Crippen LogP contribution in [0.1, 0.15) is 50.3 Å². The van der Waals surface area contributed by atoms with Crippen LogP contribution in [0.5, 0.6) is 0 Å². The Morgan fingerprint density at radius 1 is 0.769 bits per heavy atom. The van der Waals surface area contributed by atoms with E-state index in [-0.39, 0.29) is 31.5 Å². The molecule has 0 saturated heterocycles. The van der Waals surface area contributed by atoms with Gasteiger partial charge in [0.25, 0.3) is 0 Å². The number of fused-ring (bicyclic) bond motifs is 2. The van der Waals surface area contributed by atoms with E-state index >= 15 is 0 Å². The van der Waals surface area contributed by atoms with Gasteiger partial charge in [0.05, 0.1) is 0 Å². The van der Waals surface area contributed by atoms with Gasteiger partial charge in [-0.25, -0.2) is 0 Å². The number of allylic oxidation sites excluding steroid dienone is 2. The van der Waals surface area contributed by atoms with Crippen LogP contribution < -0.4 is 24.8 Å². The molecular formula is C22H27Cl2SiZr. The molecule has 0 saturated carbocycles. The van der Waals surface area contributed by atoms with Crippen molar-refractivity contribution < 1.29 is 45.7 Å². The van der Waals surface area contributed by atoms with Crippen molar-refractivity contribution in [2.45, 2.75) is 34.1 Å². The molecule has 26 heavy (non-hydrogen) atoms. The fourth-order valence-corrected chi connectivity index (χ4v) is 24.1. The Labute approximate surface area is 180 Å². The predicted molar refractivity (Wildman–Crippen MR) is 107 cm³/mol. The third kappa shape index (κ3) is 4.71. The van der Waals surface area contributed by atoms with Gasteiger partial charge in [-0.15, -0.1) is 0 Å². The van der Waals surface area contributed by atoms with E-state index in [0.717, 1.165) is 7.25 Å². The van der Waals surface area contributed by atoms with Gasteiger partial charge in [-0.1, -0.05) is 13.8 Å². The Morgan fingerprint density at radius 3 is 1.62 bits per heavy atom. The number of halogens is 2. The molecule has 0 nitrogen and oxygen atoms in total. The van der Waals surface area contributed by atoms with Crippen LogP contribution in [0.3, 0.4) is 0 Å². The molecule has 2 atom stereocenters. The molecule has 2 aliphatic carbocycles. The largest absolute Gasteiger partial charge is 1.00 e. The molecule has 2 aliphatic rings. The molecule has 4 rings (SSSR count). The van der Waals surface area contributed by atoms with Gasteiger partial charge >= 0.3 is 143 Å². The summed E-state index contributed by atoms with van der Waals surface area (Å²) in [6, 6.07) is 19.6. The fraction of sp³-hybridized carbons (Fsp3) is 0.273. The predicted octanol–water partition coefficient (Wildman–Crippen LogP) is -0.303. The van der Waals surface area contributed by atoms with Crippen molar-refractivity contribution in [1.82, 2.24) is 0 Å². The van der Waals surface area contributed by atoms with Crippen molar-refractivity contribution in [3.8, 4) is 0 Å². The first-order valence-corrected chi connectivity index (χ1v) is 19.0. The minimum absolute atomic E-state index is 0. The van der Waals surface area contributed by atoms with E-state index in [1.54, 1.807) is 11.1 Å². The van der Waals surface area contributed by atoms with Gasteiger partial charge in [0.2, 0.25) is 0 Å². The van der Waals surface area contributed by atoms with Crippen LogP contribution >= 0.6 is 0 Å². The van der Waals surface area contributed by atoms with Gasteiger partial charge in [-0.3, -0.25) is 0 Å². The van der Waals surface area contributed by atoms with Crippen LogP contribution in [0.2, 0.25) is 6.04 Å². The van der Waals surface area contributed by atoms with Crippen LogP contribution in [0.4, 0.5) is 0 Å². The third-order valence-corrected chi connectivity index (χ3v) is 25.6. The van der Waals surface area contributed by atoms with Crippen molar-refractivity contribution in [2.24, 2.45) is 0 Å². The second-order valence-electron chi connectivity index (χ2n) is 6.26. The molecular weight excluding hydrogens is 454 g/mol. The Kier molecular flexibility index (Phi) is 10.4. The molecule has 0 aromatic heterocycles. The quantitative estimate of drug-likeness (QED) is 0.526. The molecule has 0 aliphatic heterocycles. The van der Waals surface area contributed by atoms with E-state index in [0.29, 0.717) is 0 Å². The minimum Gasteiger partial charge on any atom is -1.00 e. The van der Waals surface area contributed by atoms with Gasteiger partial charge in [0, 0.05) is 0 Å². The number of hydrogen-bond donors (Lipinski definition) is 0. The van der Waals surface area contributed by atoms with Crippen LogP contribution in [0.25, 0.3) is 12.2 Å². The summed E-state index contributed by atoms with van der Waals surface area (Å²) >= 11 is -1.53. The average molecular weight is 482 g/mol. The van der Waals surface area contributed by atoms with Gasteiger partial charge < -0.3 is 24.8 Å². The maximum atomic E-state index is 2.55. The first-order chi connectivity index (χ1) is 11.9. The minimum atomic E-state index is -1.53. The number of rotatable bonds is 4. The molecule has 2 aromatic rings. The maximum absolute atomic E-state index is 2.55. The molecule has 0 N–H and O–H groups in total. The van der Waals surface area contributed by atoms with Crippen molar-refractivity contribution in [2.75, 3.05) is 0 Å². The van der Waals surface area contributed by atoms with Crippen molar-refractivity contribution in [3.63, 3.8) is 0 Å². The first-order valence-electron chi connectivity index (χ1n) is 9.28. The fourth-order valence-electron chi connectivity index (χ4n) is 3.94. The van der Waals surface area contributed by atoms with Crippen LogP contribution in [-0.4, -0.2) is 6.65 Å². The Balaban J connectivity index is 0.000000818. The Morgan fingerprint density at radius 2 is 1.19 bits per heavy atom. The third-order valence-electron chi connectivity index (χ3n) is 4.94. The van der Waals surface area contributed by atoms with Crippen molar-refractivity contribution in [1.29, 1.82) is 0 Å². The van der Waals surface area contributed by atoms with Crippen LogP contribution in [0, 0.1) is 0 Å². The molecule has 137 valence electrons. The smallest absolute Gasteiger partial charge is 1.00 e. The van der Waals surface area contributed by atoms with Gasteiger partial charge in [0.1, 0.15) is 0 Å². The monoisotopic (exact) mass is 479 g/mol. The van der Waals surface area contributed by atoms with Gasteiger partial charge in [0.15, 0.2) is 0 Å². The summed E-state index contributed by atoms with van der Waals surface area (Å²) in [5.41, 5.74) is 6.23. The molecule has 2 aromatic carbocycles. The van der Waals surface area contributed by atoms with Crippen molar-refractivity contribution >= 4 is 18.8 Å². The molecule has 0 bridgehead atoms. The Bertz CT molecular complexity index is 696. The van der Waals surface area contributed by atoms with E-state index in [4.69, 9.17) is 0 Å². The van der Waals surface area contributed by atoms with Gasteiger partial charge in [-0.2, -0.15) is 0 Å². The Hall–Kier alpha value is -0.400. The summed E-state index contributed by atoms with van der Waals surface area (Å²) < 4.78 is 1.62. The molecule has 0 heterocycles. The summed E-state index contributed by atoms with van der Waals surface area (Å²) in [5, 5.41) is 0. The second kappa shape index (κ2) is 11.4. The zero-order chi connectivity index (χ0) is 16.9. The molecule has 2 unspecified atom stereocenters. The van der Waals surface area contributed by atoms with E-state index < -0.39 is 20.9 Å². The molecule has 4 heteroatoms. The SMILES string of the molecule is CC.CC[SiH2][Zr+2]([CH]1C=Cc2ccccc21)[CH]1C=Cc2ccccc21.[Cl-].[Cl-]. The zero-order valence-electron chi connectivity index (χ0n) is 15.8. The molecule has 0 fully saturated rings. The second-order valence-corrected chi connectivity index (χ2v) is 22.2.